The lowest BCUT2D eigenvalue weighted by atomic mass is 9.97. The van der Waals surface area contributed by atoms with Gasteiger partial charge in [-0.3, -0.25) is 0 Å². The van der Waals surface area contributed by atoms with Crippen LogP contribution in [-0.4, -0.2) is 4.98 Å². The molecule has 0 unspecified atom stereocenters. The molecular weight excluding hydrogens is 526 g/mol. The molecule has 0 amide bonds. The molecule has 6 aromatic rings. The molecule has 3 heterocycles. The normalized spacial score (nSPS) is 13.1. The molecule has 0 radical (unpaired) electrons. The molecule has 1 aromatic heterocycles. The lowest BCUT2D eigenvalue weighted by Crippen LogP contribution is -1.98. The highest BCUT2D eigenvalue weighted by Crippen LogP contribution is 2.40. The summed E-state index contributed by atoms with van der Waals surface area (Å²) in [6, 6.07) is 44.5. The quantitative estimate of drug-likeness (QED) is 0.226. The van der Waals surface area contributed by atoms with Crippen molar-refractivity contribution in [3.8, 4) is 34.0 Å². The monoisotopic (exact) mass is 557 g/mol. The van der Waals surface area contributed by atoms with Crippen LogP contribution >= 0.6 is 0 Å². The van der Waals surface area contributed by atoms with E-state index in [0.29, 0.717) is 5.88 Å². The maximum atomic E-state index is 6.40. The minimum absolute atomic E-state index is 0.570. The van der Waals surface area contributed by atoms with E-state index >= 15 is 0 Å². The van der Waals surface area contributed by atoms with E-state index in [1.165, 1.54) is 39.2 Å². The summed E-state index contributed by atoms with van der Waals surface area (Å²) in [6.45, 7) is 0. The Kier molecular flexibility index (Phi) is 6.38. The first-order valence-corrected chi connectivity index (χ1v) is 15.0. The number of fused-ring (bicyclic) bond motifs is 4. The second-order valence-corrected chi connectivity index (χ2v) is 11.2. The van der Waals surface area contributed by atoms with Crippen molar-refractivity contribution >= 4 is 22.7 Å². The highest BCUT2D eigenvalue weighted by atomic mass is 16.5. The van der Waals surface area contributed by atoms with Crippen LogP contribution in [0.5, 0.6) is 11.6 Å². The van der Waals surface area contributed by atoms with Gasteiger partial charge in [0.1, 0.15) is 5.75 Å². The minimum Gasteiger partial charge on any atom is -0.439 e. The van der Waals surface area contributed by atoms with Crippen LogP contribution in [0.15, 0.2) is 127 Å². The summed E-state index contributed by atoms with van der Waals surface area (Å²) in [7, 11) is 0. The molecule has 0 aliphatic carbocycles. The number of para-hydroxylation sites is 4. The Bertz CT molecular complexity index is 1840. The number of anilines is 4. The molecular formula is C39H31N3O. The van der Waals surface area contributed by atoms with Crippen molar-refractivity contribution in [3.05, 3.63) is 150 Å². The second-order valence-electron chi connectivity index (χ2n) is 11.2. The fraction of sp³-hybridized carbons (Fsp3) is 0.103. The molecule has 0 spiro atoms. The largest absolute Gasteiger partial charge is 0.439 e. The average Bonchev–Trinajstić information content (AvgIpc) is 3.37. The molecule has 2 aliphatic heterocycles. The molecule has 208 valence electrons. The summed E-state index contributed by atoms with van der Waals surface area (Å²) in [6.07, 6.45) is 4.03. The first-order chi connectivity index (χ1) is 21.3. The average molecular weight is 558 g/mol. The number of aryl methyl sites for hydroxylation is 4. The van der Waals surface area contributed by atoms with Gasteiger partial charge in [-0.05, 0) is 83.8 Å². The number of aromatic nitrogens is 1. The summed E-state index contributed by atoms with van der Waals surface area (Å²) in [5.74, 6) is 1.33. The van der Waals surface area contributed by atoms with Gasteiger partial charge < -0.3 is 15.4 Å². The van der Waals surface area contributed by atoms with Crippen LogP contribution in [-0.2, 0) is 25.7 Å². The fourth-order valence-corrected chi connectivity index (χ4v) is 6.36. The number of ether oxygens (including phenoxy) is 1. The first-order valence-electron chi connectivity index (χ1n) is 15.0. The Labute approximate surface area is 252 Å². The van der Waals surface area contributed by atoms with Gasteiger partial charge in [0.25, 0.3) is 0 Å². The van der Waals surface area contributed by atoms with Crippen molar-refractivity contribution in [2.45, 2.75) is 25.7 Å². The van der Waals surface area contributed by atoms with Gasteiger partial charge in [0, 0.05) is 34.3 Å². The third kappa shape index (κ3) is 4.91. The van der Waals surface area contributed by atoms with E-state index in [4.69, 9.17) is 9.72 Å². The number of nitrogens with zero attached hydrogens (tertiary/aromatic N) is 1. The summed E-state index contributed by atoms with van der Waals surface area (Å²) in [5.41, 5.74) is 14.2. The number of pyridine rings is 1. The number of hydrogen-bond acceptors (Lipinski definition) is 4. The van der Waals surface area contributed by atoms with E-state index in [-0.39, 0.29) is 0 Å². The second kappa shape index (κ2) is 10.8. The summed E-state index contributed by atoms with van der Waals surface area (Å²) >= 11 is 0. The van der Waals surface area contributed by atoms with Gasteiger partial charge in [0.2, 0.25) is 5.88 Å². The third-order valence-corrected chi connectivity index (χ3v) is 8.55. The van der Waals surface area contributed by atoms with E-state index in [9.17, 15) is 0 Å². The van der Waals surface area contributed by atoms with Crippen LogP contribution in [0.4, 0.5) is 22.7 Å². The molecule has 0 saturated carbocycles. The maximum Gasteiger partial charge on any atom is 0.219 e. The van der Waals surface area contributed by atoms with E-state index in [0.717, 1.165) is 59.6 Å². The Morgan fingerprint density at radius 1 is 0.488 bits per heavy atom. The zero-order valence-electron chi connectivity index (χ0n) is 23.8. The van der Waals surface area contributed by atoms with Crippen LogP contribution in [0.1, 0.15) is 22.3 Å². The van der Waals surface area contributed by atoms with Crippen LogP contribution < -0.4 is 15.4 Å². The molecule has 2 N–H and O–H groups in total. The van der Waals surface area contributed by atoms with Gasteiger partial charge in [-0.2, -0.15) is 0 Å². The number of nitrogens with one attached hydrogen (secondary N) is 2. The zero-order chi connectivity index (χ0) is 28.6. The third-order valence-electron chi connectivity index (χ3n) is 8.55. The summed E-state index contributed by atoms with van der Waals surface area (Å²) in [4.78, 5) is 4.97. The molecule has 2 aliphatic rings. The Hall–Kier alpha value is -5.35. The number of rotatable bonds is 4. The summed E-state index contributed by atoms with van der Waals surface area (Å²) < 4.78 is 6.40. The van der Waals surface area contributed by atoms with Gasteiger partial charge in [-0.1, -0.05) is 91.0 Å². The van der Waals surface area contributed by atoms with Gasteiger partial charge in [-0.25, -0.2) is 4.98 Å². The van der Waals surface area contributed by atoms with Crippen molar-refractivity contribution in [2.75, 3.05) is 10.6 Å². The number of hydrogen-bond donors (Lipinski definition) is 2. The van der Waals surface area contributed by atoms with E-state index in [2.05, 4.69) is 120 Å². The molecule has 0 saturated heterocycles. The van der Waals surface area contributed by atoms with Gasteiger partial charge in [-0.15, -0.1) is 0 Å². The SMILES string of the molecule is c1cc(Oc2cccc(-c3cccc4c3Nc3ccccc3CC4)n2)cc(-c2cccc3c2Nc2ccccc2CC3)c1. The molecule has 5 aromatic carbocycles. The Balaban J connectivity index is 1.10. The lowest BCUT2D eigenvalue weighted by Gasteiger charge is -2.16. The Morgan fingerprint density at radius 2 is 1.05 bits per heavy atom. The van der Waals surface area contributed by atoms with Crippen molar-refractivity contribution < 1.29 is 4.74 Å². The van der Waals surface area contributed by atoms with Crippen LogP contribution in [0.25, 0.3) is 22.4 Å². The topological polar surface area (TPSA) is 46.2 Å². The maximum absolute atomic E-state index is 6.40. The van der Waals surface area contributed by atoms with Crippen molar-refractivity contribution in [2.24, 2.45) is 0 Å². The molecule has 8 rings (SSSR count). The van der Waals surface area contributed by atoms with Crippen molar-refractivity contribution in [1.82, 2.24) is 4.98 Å². The van der Waals surface area contributed by atoms with Gasteiger partial charge in [0.05, 0.1) is 11.4 Å². The van der Waals surface area contributed by atoms with Crippen LogP contribution in [0, 0.1) is 0 Å². The first kappa shape index (κ1) is 25.4. The van der Waals surface area contributed by atoms with Crippen molar-refractivity contribution in [3.63, 3.8) is 0 Å². The van der Waals surface area contributed by atoms with E-state index in [1.807, 2.05) is 18.2 Å². The predicted molar refractivity (Wildman–Crippen MR) is 176 cm³/mol. The van der Waals surface area contributed by atoms with Crippen LogP contribution in [0.2, 0.25) is 0 Å². The van der Waals surface area contributed by atoms with E-state index < -0.39 is 0 Å². The standard InChI is InChI=1S/C39H31N3O/c1-3-17-34-26(9-1)21-23-28-11-6-15-32(38(28)41-34)30-13-5-14-31(25-30)43-37-20-8-19-36(40-37)33-16-7-12-29-24-22-27-10-2-4-18-35(27)42-39(29)33/h1-20,25,41-42H,21-24H2. The highest BCUT2D eigenvalue weighted by Gasteiger charge is 2.19. The molecule has 0 bridgehead atoms. The number of benzene rings is 5. The predicted octanol–water partition coefficient (Wildman–Crippen LogP) is 9.89. The lowest BCUT2D eigenvalue weighted by molar-refractivity contribution is 0.464. The fourth-order valence-electron chi connectivity index (χ4n) is 6.36. The smallest absolute Gasteiger partial charge is 0.219 e. The van der Waals surface area contributed by atoms with E-state index in [1.54, 1.807) is 0 Å². The molecule has 0 fully saturated rings. The molecule has 43 heavy (non-hydrogen) atoms. The minimum atomic E-state index is 0.570. The van der Waals surface area contributed by atoms with Gasteiger partial charge in [0.15, 0.2) is 0 Å². The highest BCUT2D eigenvalue weighted by molar-refractivity contribution is 5.86. The molecule has 4 nitrogen and oxygen atoms in total. The van der Waals surface area contributed by atoms with Crippen molar-refractivity contribution in [1.29, 1.82) is 0 Å². The molecule has 4 heteroatoms. The molecule has 0 atom stereocenters. The zero-order valence-corrected chi connectivity index (χ0v) is 23.8. The van der Waals surface area contributed by atoms with Gasteiger partial charge >= 0.3 is 0 Å². The summed E-state index contributed by atoms with van der Waals surface area (Å²) in [5, 5.41) is 7.46. The Morgan fingerprint density at radius 3 is 1.77 bits per heavy atom. The van der Waals surface area contributed by atoms with Crippen LogP contribution in [0.3, 0.4) is 0 Å².